The van der Waals surface area contributed by atoms with Crippen LogP contribution in [0.5, 0.6) is 0 Å². The first-order valence-electron chi connectivity index (χ1n) is 10.4. The van der Waals surface area contributed by atoms with Gasteiger partial charge in [0.25, 0.3) is 11.5 Å². The van der Waals surface area contributed by atoms with Crippen molar-refractivity contribution in [2.45, 2.75) is 18.7 Å². The molecule has 1 aromatic carbocycles. The minimum atomic E-state index is -0.00947. The van der Waals surface area contributed by atoms with Crippen LogP contribution < -0.4 is 5.56 Å². The fourth-order valence-electron chi connectivity index (χ4n) is 4.19. The Bertz CT molecular complexity index is 1130. The Morgan fingerprint density at radius 3 is 2.83 bits per heavy atom. The third kappa shape index (κ3) is 3.89. The van der Waals surface area contributed by atoms with E-state index in [9.17, 15) is 9.59 Å². The van der Waals surface area contributed by atoms with Crippen molar-refractivity contribution in [3.8, 4) is 0 Å². The summed E-state index contributed by atoms with van der Waals surface area (Å²) in [5.41, 5.74) is 3.87. The number of thioether (sulfide) groups is 1. The molecule has 3 aromatic rings. The molecule has 1 amide bonds. The molecule has 0 atom stereocenters. The van der Waals surface area contributed by atoms with Gasteiger partial charge in [-0.05, 0) is 34.9 Å². The molecule has 1 saturated heterocycles. The number of carbonyl (C=O) groups excluding carboxylic acids is 1. The number of piperazine rings is 1. The molecule has 7 nitrogen and oxygen atoms in total. The molecular weight excluding hydrogens is 398 g/mol. The van der Waals surface area contributed by atoms with Crippen molar-refractivity contribution < 1.29 is 4.79 Å². The Labute approximate surface area is 179 Å². The average molecular weight is 424 g/mol. The molecule has 0 unspecified atom stereocenters. The van der Waals surface area contributed by atoms with Gasteiger partial charge < -0.3 is 9.88 Å². The number of rotatable bonds is 4. The molecular formula is C22H25N5O2S. The largest absolute Gasteiger partial charge is 0.361 e. The van der Waals surface area contributed by atoms with Gasteiger partial charge in [0.15, 0.2) is 0 Å². The normalized spacial score (nSPS) is 17.3. The van der Waals surface area contributed by atoms with Crippen LogP contribution in [-0.2, 0) is 18.7 Å². The minimum absolute atomic E-state index is 0.00947. The zero-order valence-electron chi connectivity index (χ0n) is 16.8. The van der Waals surface area contributed by atoms with Crippen molar-refractivity contribution >= 4 is 28.6 Å². The number of aromatic nitrogens is 3. The van der Waals surface area contributed by atoms with E-state index in [2.05, 4.69) is 15.0 Å². The van der Waals surface area contributed by atoms with E-state index in [-0.39, 0.29) is 11.5 Å². The molecule has 0 radical (unpaired) electrons. The van der Waals surface area contributed by atoms with E-state index < -0.39 is 0 Å². The number of fused-ring (bicyclic) bond motifs is 2. The number of aryl methyl sites for hydroxylation is 1. The quantitative estimate of drug-likeness (QED) is 0.695. The van der Waals surface area contributed by atoms with Gasteiger partial charge in [0.05, 0.1) is 12.2 Å². The third-order valence-corrected chi connectivity index (χ3v) is 7.00. The van der Waals surface area contributed by atoms with Crippen LogP contribution in [-0.4, -0.2) is 68.9 Å². The molecule has 4 heterocycles. The van der Waals surface area contributed by atoms with Crippen LogP contribution in [0.1, 0.15) is 21.6 Å². The topological polar surface area (TPSA) is 74.2 Å². The van der Waals surface area contributed by atoms with Crippen molar-refractivity contribution in [2.24, 2.45) is 0 Å². The summed E-state index contributed by atoms with van der Waals surface area (Å²) in [6.07, 6.45) is 2.83. The second-order valence-corrected chi connectivity index (χ2v) is 9.00. The maximum atomic E-state index is 12.9. The highest BCUT2D eigenvalue weighted by Gasteiger charge is 2.22. The van der Waals surface area contributed by atoms with E-state index in [1.807, 2.05) is 47.1 Å². The summed E-state index contributed by atoms with van der Waals surface area (Å²) in [5.74, 6) is 2.05. The summed E-state index contributed by atoms with van der Waals surface area (Å²) >= 11 is 1.86. The van der Waals surface area contributed by atoms with Crippen LogP contribution in [0, 0.1) is 0 Å². The molecule has 2 aromatic heterocycles. The van der Waals surface area contributed by atoms with Crippen molar-refractivity contribution in [1.29, 1.82) is 0 Å². The molecule has 0 saturated carbocycles. The number of hydrogen-bond acceptors (Lipinski definition) is 5. The molecule has 156 valence electrons. The predicted molar refractivity (Wildman–Crippen MR) is 119 cm³/mol. The number of amides is 1. The first kappa shape index (κ1) is 19.4. The molecule has 8 heteroatoms. The van der Waals surface area contributed by atoms with Crippen molar-refractivity contribution in [2.75, 3.05) is 38.5 Å². The molecule has 1 fully saturated rings. The lowest BCUT2D eigenvalue weighted by molar-refractivity contribution is 0.0631. The Hall–Kier alpha value is -2.58. The van der Waals surface area contributed by atoms with Gasteiger partial charge in [-0.25, -0.2) is 4.68 Å². The van der Waals surface area contributed by atoms with Gasteiger partial charge in [-0.3, -0.25) is 14.5 Å². The molecule has 2 aliphatic heterocycles. The zero-order chi connectivity index (χ0) is 20.5. The van der Waals surface area contributed by atoms with Crippen LogP contribution >= 0.6 is 11.8 Å². The molecule has 5 rings (SSSR count). The molecule has 0 bridgehead atoms. The highest BCUT2D eigenvalue weighted by atomic mass is 32.2. The van der Waals surface area contributed by atoms with Gasteiger partial charge >= 0.3 is 0 Å². The number of benzene rings is 1. The van der Waals surface area contributed by atoms with Crippen molar-refractivity contribution in [1.82, 2.24) is 24.6 Å². The fraction of sp³-hybridized carbons (Fsp3) is 0.409. The van der Waals surface area contributed by atoms with Crippen LogP contribution in [0.25, 0.3) is 10.9 Å². The molecule has 1 N–H and O–H groups in total. The number of nitrogens with zero attached hydrogens (tertiary/aromatic N) is 4. The van der Waals surface area contributed by atoms with E-state index in [0.717, 1.165) is 65.3 Å². The lowest BCUT2D eigenvalue weighted by atomic mass is 10.1. The summed E-state index contributed by atoms with van der Waals surface area (Å²) in [6, 6.07) is 9.57. The van der Waals surface area contributed by atoms with Crippen LogP contribution in [0.2, 0.25) is 0 Å². The third-order valence-electron chi connectivity index (χ3n) is 5.99. The van der Waals surface area contributed by atoms with Crippen LogP contribution in [0.15, 0.2) is 41.3 Å². The Morgan fingerprint density at radius 1 is 1.10 bits per heavy atom. The average Bonchev–Trinajstić information content (AvgIpc) is 3.25. The second-order valence-electron chi connectivity index (χ2n) is 7.89. The van der Waals surface area contributed by atoms with E-state index in [4.69, 9.17) is 0 Å². The first-order valence-corrected chi connectivity index (χ1v) is 11.6. The predicted octanol–water partition coefficient (Wildman–Crippen LogP) is 1.97. The van der Waals surface area contributed by atoms with Crippen LogP contribution in [0.3, 0.4) is 0 Å². The summed E-state index contributed by atoms with van der Waals surface area (Å²) in [7, 11) is 0. The van der Waals surface area contributed by atoms with E-state index in [1.54, 1.807) is 10.7 Å². The smallest absolute Gasteiger partial charge is 0.267 e. The Balaban J connectivity index is 1.17. The van der Waals surface area contributed by atoms with Gasteiger partial charge in [0, 0.05) is 68.2 Å². The van der Waals surface area contributed by atoms with E-state index in [0.29, 0.717) is 19.6 Å². The standard InChI is InChI=1S/C22H25N5O2S/c28-21-14-18-15-30-12-4-19(18)24-27(21)11-8-25-6-9-26(10-7-25)22(29)17-2-1-16-3-5-23-20(16)13-17/h1-3,5,13-14,23H,4,6-12,15H2. The van der Waals surface area contributed by atoms with Crippen LogP contribution in [0.4, 0.5) is 0 Å². The minimum Gasteiger partial charge on any atom is -0.361 e. The zero-order valence-corrected chi connectivity index (χ0v) is 17.7. The maximum Gasteiger partial charge on any atom is 0.267 e. The summed E-state index contributed by atoms with van der Waals surface area (Å²) in [4.78, 5) is 32.6. The molecule has 2 aliphatic rings. The highest BCUT2D eigenvalue weighted by Crippen LogP contribution is 2.21. The summed E-state index contributed by atoms with van der Waals surface area (Å²) < 4.78 is 1.61. The van der Waals surface area contributed by atoms with E-state index in [1.165, 1.54) is 0 Å². The van der Waals surface area contributed by atoms with Gasteiger partial charge in [-0.2, -0.15) is 16.9 Å². The number of carbonyl (C=O) groups is 1. The Kier molecular flexibility index (Phi) is 5.35. The van der Waals surface area contributed by atoms with Crippen molar-refractivity contribution in [3.05, 3.63) is 63.7 Å². The van der Waals surface area contributed by atoms with Gasteiger partial charge in [0.1, 0.15) is 0 Å². The van der Waals surface area contributed by atoms with Crippen molar-refractivity contribution in [3.63, 3.8) is 0 Å². The SMILES string of the molecule is O=C(c1ccc2cc[nH]c2c1)N1CCN(CCn2nc3c(cc2=O)CSCC3)CC1. The monoisotopic (exact) mass is 423 g/mol. The molecule has 0 aliphatic carbocycles. The Morgan fingerprint density at radius 2 is 1.97 bits per heavy atom. The number of hydrogen-bond donors (Lipinski definition) is 1. The van der Waals surface area contributed by atoms with Gasteiger partial charge in [-0.1, -0.05) is 6.07 Å². The number of H-pyrrole nitrogens is 1. The maximum absolute atomic E-state index is 12.9. The molecule has 0 spiro atoms. The lowest BCUT2D eigenvalue weighted by Crippen LogP contribution is -2.49. The van der Waals surface area contributed by atoms with E-state index >= 15 is 0 Å². The fourth-order valence-corrected chi connectivity index (χ4v) is 5.14. The van der Waals surface area contributed by atoms with Gasteiger partial charge in [-0.15, -0.1) is 0 Å². The highest BCUT2D eigenvalue weighted by molar-refractivity contribution is 7.98. The number of aromatic amines is 1. The summed E-state index contributed by atoms with van der Waals surface area (Å²) in [5, 5.41) is 5.71. The van der Waals surface area contributed by atoms with Gasteiger partial charge in [0.2, 0.25) is 0 Å². The second kappa shape index (κ2) is 8.28. The summed E-state index contributed by atoms with van der Waals surface area (Å²) in [6.45, 7) is 4.39. The first-order chi connectivity index (χ1) is 14.7. The lowest BCUT2D eigenvalue weighted by Gasteiger charge is -2.34. The number of nitrogens with one attached hydrogen (secondary N) is 1. The molecule has 30 heavy (non-hydrogen) atoms.